The molecule has 1 N–H and O–H groups in total. The van der Waals surface area contributed by atoms with E-state index in [1.807, 2.05) is 48.2 Å². The number of aryl methyl sites for hydroxylation is 1. The van der Waals surface area contributed by atoms with Crippen LogP contribution in [0.1, 0.15) is 61.9 Å². The van der Waals surface area contributed by atoms with E-state index in [0.29, 0.717) is 23.4 Å². The summed E-state index contributed by atoms with van der Waals surface area (Å²) in [5, 5.41) is 2.93. The summed E-state index contributed by atoms with van der Waals surface area (Å²) in [4.78, 5) is 27.9. The predicted octanol–water partition coefficient (Wildman–Crippen LogP) is 5.06. The van der Waals surface area contributed by atoms with Crippen molar-refractivity contribution in [1.82, 2.24) is 4.90 Å². The predicted molar refractivity (Wildman–Crippen MR) is 120 cm³/mol. The van der Waals surface area contributed by atoms with Crippen LogP contribution in [0, 0.1) is 0 Å². The van der Waals surface area contributed by atoms with Crippen molar-refractivity contribution < 1.29 is 14.3 Å². The molecule has 0 saturated carbocycles. The van der Waals surface area contributed by atoms with Crippen LogP contribution in [0.2, 0.25) is 0 Å². The van der Waals surface area contributed by atoms with Gasteiger partial charge in [-0.1, -0.05) is 51.0 Å². The molecule has 1 aliphatic heterocycles. The van der Waals surface area contributed by atoms with Crippen molar-refractivity contribution in [3.8, 4) is 5.75 Å². The smallest absolute Gasteiger partial charge is 0.265 e. The zero-order valence-corrected chi connectivity index (χ0v) is 18.0. The number of carbonyl (C=O) groups is 2. The van der Waals surface area contributed by atoms with Crippen LogP contribution >= 0.6 is 0 Å². The second-order valence-corrected chi connectivity index (χ2v) is 7.75. The molecule has 2 aromatic carbocycles. The van der Waals surface area contributed by atoms with E-state index in [1.165, 1.54) is 5.56 Å². The van der Waals surface area contributed by atoms with Gasteiger partial charge < -0.3 is 15.0 Å². The van der Waals surface area contributed by atoms with Gasteiger partial charge in [0.2, 0.25) is 0 Å². The number of ether oxygens (including phenoxy) is 1. The molecule has 0 unspecified atom stereocenters. The summed E-state index contributed by atoms with van der Waals surface area (Å²) < 4.78 is 5.92. The van der Waals surface area contributed by atoms with Crippen LogP contribution in [-0.4, -0.2) is 35.9 Å². The normalized spacial score (nSPS) is 15.2. The van der Waals surface area contributed by atoms with Crippen molar-refractivity contribution in [2.24, 2.45) is 0 Å². The minimum Gasteiger partial charge on any atom is -0.481 e. The third kappa shape index (κ3) is 5.62. The monoisotopic (exact) mass is 408 g/mol. The van der Waals surface area contributed by atoms with Gasteiger partial charge in [0.25, 0.3) is 11.8 Å². The van der Waals surface area contributed by atoms with Crippen LogP contribution in [0.25, 0.3) is 0 Å². The first kappa shape index (κ1) is 21.9. The van der Waals surface area contributed by atoms with E-state index in [0.717, 1.165) is 45.2 Å². The average molecular weight is 409 g/mol. The molecule has 0 aromatic heterocycles. The van der Waals surface area contributed by atoms with E-state index in [-0.39, 0.29) is 11.8 Å². The van der Waals surface area contributed by atoms with Crippen LogP contribution in [0.3, 0.4) is 0 Å². The lowest BCUT2D eigenvalue weighted by Gasteiger charge is -2.23. The van der Waals surface area contributed by atoms with Gasteiger partial charge in [0, 0.05) is 13.1 Å². The van der Waals surface area contributed by atoms with Crippen molar-refractivity contribution in [1.29, 1.82) is 0 Å². The third-order valence-corrected chi connectivity index (χ3v) is 5.58. The van der Waals surface area contributed by atoms with Gasteiger partial charge in [-0.15, -0.1) is 0 Å². The summed E-state index contributed by atoms with van der Waals surface area (Å²) in [6.07, 6.45) is 5.25. The number of benzene rings is 2. The Morgan fingerprint density at radius 2 is 1.63 bits per heavy atom. The lowest BCUT2D eigenvalue weighted by Crippen LogP contribution is -2.35. The van der Waals surface area contributed by atoms with Gasteiger partial charge in [-0.2, -0.15) is 0 Å². The van der Waals surface area contributed by atoms with Crippen molar-refractivity contribution in [3.63, 3.8) is 0 Å². The first-order valence-electron chi connectivity index (χ1n) is 11.1. The molecule has 160 valence electrons. The fourth-order valence-corrected chi connectivity index (χ4v) is 3.73. The van der Waals surface area contributed by atoms with E-state index in [9.17, 15) is 9.59 Å². The van der Waals surface area contributed by atoms with Crippen molar-refractivity contribution >= 4 is 17.5 Å². The summed E-state index contributed by atoms with van der Waals surface area (Å²) in [5.74, 6) is 0.410. The number of nitrogens with one attached hydrogen (secondary N) is 1. The average Bonchev–Trinajstić information content (AvgIpc) is 3.07. The van der Waals surface area contributed by atoms with E-state index in [2.05, 4.69) is 12.2 Å². The largest absolute Gasteiger partial charge is 0.481 e. The maximum Gasteiger partial charge on any atom is 0.265 e. The Bertz CT molecular complexity index is 840. The second kappa shape index (κ2) is 10.8. The van der Waals surface area contributed by atoms with Gasteiger partial charge in [0.1, 0.15) is 5.75 Å². The van der Waals surface area contributed by atoms with E-state index < -0.39 is 6.10 Å². The van der Waals surface area contributed by atoms with E-state index in [4.69, 9.17) is 4.74 Å². The number of nitrogens with zero attached hydrogens (tertiary/aromatic N) is 1. The maximum absolute atomic E-state index is 13.1. The SMILES string of the molecule is CCc1ccc(O[C@H](CC)C(=O)Nc2ccccc2C(=O)N2CCCCCC2)cc1. The summed E-state index contributed by atoms with van der Waals surface area (Å²) >= 11 is 0. The summed E-state index contributed by atoms with van der Waals surface area (Å²) in [5.41, 5.74) is 2.30. The van der Waals surface area contributed by atoms with Crippen LogP contribution in [0.15, 0.2) is 48.5 Å². The summed E-state index contributed by atoms with van der Waals surface area (Å²) in [7, 11) is 0. The molecule has 3 rings (SSSR count). The minimum atomic E-state index is -0.626. The number of hydrogen-bond acceptors (Lipinski definition) is 3. The van der Waals surface area contributed by atoms with E-state index >= 15 is 0 Å². The molecular weight excluding hydrogens is 376 g/mol. The lowest BCUT2D eigenvalue weighted by atomic mass is 10.1. The molecule has 0 bridgehead atoms. The molecular formula is C25H32N2O3. The highest BCUT2D eigenvalue weighted by atomic mass is 16.5. The molecule has 5 heteroatoms. The molecule has 1 aliphatic rings. The standard InChI is InChI=1S/C25H32N2O3/c1-3-19-13-15-20(16-14-19)30-23(4-2)24(28)26-22-12-8-7-11-21(22)25(29)27-17-9-5-6-10-18-27/h7-8,11-16,23H,3-6,9-10,17-18H2,1-2H3,(H,26,28)/t23-/m1/s1. The summed E-state index contributed by atoms with van der Waals surface area (Å²) in [6, 6.07) is 15.0. The van der Waals surface area contributed by atoms with Gasteiger partial charge >= 0.3 is 0 Å². The molecule has 5 nitrogen and oxygen atoms in total. The number of amides is 2. The Labute approximate surface area is 179 Å². The number of anilines is 1. The highest BCUT2D eigenvalue weighted by Crippen LogP contribution is 2.21. The minimum absolute atomic E-state index is 0.0167. The number of likely N-dealkylation sites (tertiary alicyclic amines) is 1. The van der Waals surface area contributed by atoms with E-state index in [1.54, 1.807) is 12.1 Å². The van der Waals surface area contributed by atoms with Crippen LogP contribution < -0.4 is 10.1 Å². The molecule has 1 fully saturated rings. The highest BCUT2D eigenvalue weighted by molar-refractivity contribution is 6.04. The van der Waals surface area contributed by atoms with Gasteiger partial charge in [-0.3, -0.25) is 9.59 Å². The number of carbonyl (C=O) groups excluding carboxylic acids is 2. The van der Waals surface area contributed by atoms with Gasteiger partial charge in [0.15, 0.2) is 6.10 Å². The Kier molecular flexibility index (Phi) is 7.89. The molecule has 2 amide bonds. The van der Waals surface area contributed by atoms with Crippen LogP contribution in [-0.2, 0) is 11.2 Å². The van der Waals surface area contributed by atoms with Gasteiger partial charge in [0.05, 0.1) is 11.3 Å². The molecule has 0 spiro atoms. The molecule has 1 atom stereocenters. The van der Waals surface area contributed by atoms with Crippen molar-refractivity contribution in [2.45, 2.75) is 58.5 Å². The van der Waals surface area contributed by atoms with Crippen LogP contribution in [0.4, 0.5) is 5.69 Å². The zero-order valence-electron chi connectivity index (χ0n) is 18.0. The third-order valence-electron chi connectivity index (χ3n) is 5.58. The molecule has 2 aromatic rings. The van der Waals surface area contributed by atoms with Gasteiger partial charge in [-0.25, -0.2) is 0 Å². The van der Waals surface area contributed by atoms with Crippen molar-refractivity contribution in [2.75, 3.05) is 18.4 Å². The Morgan fingerprint density at radius 1 is 0.967 bits per heavy atom. The Balaban J connectivity index is 1.71. The number of rotatable bonds is 7. The lowest BCUT2D eigenvalue weighted by molar-refractivity contribution is -0.122. The van der Waals surface area contributed by atoms with Crippen molar-refractivity contribution in [3.05, 3.63) is 59.7 Å². The zero-order chi connectivity index (χ0) is 21.3. The van der Waals surface area contributed by atoms with Crippen LogP contribution in [0.5, 0.6) is 5.75 Å². The quantitative estimate of drug-likeness (QED) is 0.696. The topological polar surface area (TPSA) is 58.6 Å². The fraction of sp³-hybridized carbons (Fsp3) is 0.440. The molecule has 0 radical (unpaired) electrons. The first-order chi connectivity index (χ1) is 14.6. The molecule has 1 saturated heterocycles. The molecule has 0 aliphatic carbocycles. The maximum atomic E-state index is 13.1. The molecule has 1 heterocycles. The first-order valence-corrected chi connectivity index (χ1v) is 11.1. The second-order valence-electron chi connectivity index (χ2n) is 7.75. The summed E-state index contributed by atoms with van der Waals surface area (Å²) in [6.45, 7) is 5.56. The van der Waals surface area contributed by atoms with Gasteiger partial charge in [-0.05, 0) is 55.5 Å². The number of hydrogen-bond donors (Lipinski definition) is 1. The fourth-order valence-electron chi connectivity index (χ4n) is 3.73. The molecule has 30 heavy (non-hydrogen) atoms. The number of para-hydroxylation sites is 1. The Hall–Kier alpha value is -2.82. The highest BCUT2D eigenvalue weighted by Gasteiger charge is 2.23. The Morgan fingerprint density at radius 3 is 2.27 bits per heavy atom.